The van der Waals surface area contributed by atoms with Crippen LogP contribution >= 0.6 is 23.2 Å². The van der Waals surface area contributed by atoms with Crippen molar-refractivity contribution in [2.75, 3.05) is 5.32 Å². The molecule has 7 nitrogen and oxygen atoms in total. The minimum atomic E-state index is -0.433. The van der Waals surface area contributed by atoms with Crippen LogP contribution in [-0.2, 0) is 13.1 Å². The lowest BCUT2D eigenvalue weighted by molar-refractivity contribution is 0.102. The summed E-state index contributed by atoms with van der Waals surface area (Å²) in [4.78, 5) is 26.0. The number of benzene rings is 2. The number of halogens is 2. The molecule has 0 radical (unpaired) electrons. The topological polar surface area (TPSA) is 81.8 Å². The summed E-state index contributed by atoms with van der Waals surface area (Å²) in [5.74, 6) is 0.234. The van der Waals surface area contributed by atoms with Gasteiger partial charge in [0.15, 0.2) is 5.69 Å². The minimum Gasteiger partial charge on any atom is -0.305 e. The monoisotopic (exact) mass is 469 g/mol. The van der Waals surface area contributed by atoms with Gasteiger partial charge in [-0.3, -0.25) is 9.59 Å². The first-order chi connectivity index (χ1) is 15.3. The number of nitrogens with one attached hydrogen (secondary N) is 1. The lowest BCUT2D eigenvalue weighted by Crippen LogP contribution is -2.29. The van der Waals surface area contributed by atoms with Crippen LogP contribution in [0.2, 0.25) is 10.0 Å². The van der Waals surface area contributed by atoms with Gasteiger partial charge in [-0.05, 0) is 23.6 Å². The van der Waals surface area contributed by atoms with Crippen molar-refractivity contribution in [3.63, 3.8) is 0 Å². The zero-order valence-corrected chi connectivity index (χ0v) is 19.1. The molecule has 0 bridgehead atoms. The van der Waals surface area contributed by atoms with Gasteiger partial charge >= 0.3 is 0 Å². The molecule has 0 aliphatic carbocycles. The van der Waals surface area contributed by atoms with E-state index in [-0.39, 0.29) is 17.2 Å². The van der Waals surface area contributed by atoms with Gasteiger partial charge in [-0.15, -0.1) is 0 Å². The van der Waals surface area contributed by atoms with E-state index in [2.05, 4.69) is 15.5 Å². The molecule has 4 aromatic rings. The van der Waals surface area contributed by atoms with Crippen LogP contribution in [0.1, 0.15) is 29.9 Å². The molecule has 0 aliphatic rings. The molecular weight excluding hydrogens is 449 g/mol. The summed E-state index contributed by atoms with van der Waals surface area (Å²) in [6.45, 7) is 4.71. The van der Waals surface area contributed by atoms with Gasteiger partial charge in [-0.25, -0.2) is 9.36 Å². The molecule has 0 fully saturated rings. The largest absolute Gasteiger partial charge is 0.305 e. The van der Waals surface area contributed by atoms with Gasteiger partial charge in [0.25, 0.3) is 11.5 Å². The van der Waals surface area contributed by atoms with Crippen molar-refractivity contribution in [1.82, 2.24) is 19.6 Å². The van der Waals surface area contributed by atoms with E-state index in [1.165, 1.54) is 4.68 Å². The maximum atomic E-state index is 13.2. The van der Waals surface area contributed by atoms with Crippen LogP contribution in [0.15, 0.2) is 59.5 Å². The first-order valence-electron chi connectivity index (χ1n) is 10.1. The first kappa shape index (κ1) is 22.0. The second-order valence-electron chi connectivity index (χ2n) is 7.82. The van der Waals surface area contributed by atoms with Crippen molar-refractivity contribution in [3.8, 4) is 0 Å². The lowest BCUT2D eigenvalue weighted by atomic mass is 10.1. The van der Waals surface area contributed by atoms with E-state index < -0.39 is 5.91 Å². The van der Waals surface area contributed by atoms with E-state index in [9.17, 15) is 9.59 Å². The molecule has 0 atom stereocenters. The smallest absolute Gasteiger partial charge is 0.277 e. The van der Waals surface area contributed by atoms with E-state index in [4.69, 9.17) is 23.2 Å². The maximum absolute atomic E-state index is 13.2. The van der Waals surface area contributed by atoms with Crippen molar-refractivity contribution in [2.24, 2.45) is 5.92 Å². The number of anilines is 1. The number of fused-ring (bicyclic) bond motifs is 1. The molecule has 4 rings (SSSR count). The van der Waals surface area contributed by atoms with Crippen LogP contribution in [0.5, 0.6) is 0 Å². The molecule has 2 aromatic carbocycles. The quantitative estimate of drug-likeness (QED) is 0.437. The second-order valence-corrected chi connectivity index (χ2v) is 8.60. The van der Waals surface area contributed by atoms with Gasteiger partial charge in [0.2, 0.25) is 0 Å². The third kappa shape index (κ3) is 4.40. The summed E-state index contributed by atoms with van der Waals surface area (Å²) in [6.07, 6.45) is 1.58. The summed E-state index contributed by atoms with van der Waals surface area (Å²) in [6, 6.07) is 14.0. The highest BCUT2D eigenvalue weighted by Gasteiger charge is 2.19. The molecule has 2 heterocycles. The summed E-state index contributed by atoms with van der Waals surface area (Å²) in [7, 11) is 0. The molecule has 0 spiro atoms. The van der Waals surface area contributed by atoms with E-state index in [0.29, 0.717) is 39.7 Å². The Labute approximate surface area is 194 Å². The predicted octanol–water partition coefficient (Wildman–Crippen LogP) is 4.86. The Hall–Kier alpha value is -3.16. The van der Waals surface area contributed by atoms with Crippen molar-refractivity contribution < 1.29 is 4.79 Å². The summed E-state index contributed by atoms with van der Waals surface area (Å²) >= 11 is 12.4. The van der Waals surface area contributed by atoms with E-state index in [0.717, 1.165) is 5.56 Å². The number of nitrogens with zero attached hydrogens (tertiary/aromatic N) is 4. The number of amides is 1. The van der Waals surface area contributed by atoms with Crippen molar-refractivity contribution >= 4 is 45.7 Å². The maximum Gasteiger partial charge on any atom is 0.277 e. The zero-order valence-electron chi connectivity index (χ0n) is 17.5. The van der Waals surface area contributed by atoms with Crippen LogP contribution < -0.4 is 10.9 Å². The number of rotatable bonds is 6. The molecule has 0 aliphatic heterocycles. The summed E-state index contributed by atoms with van der Waals surface area (Å²) in [5.41, 5.74) is 0.730. The average molecular weight is 470 g/mol. The molecule has 1 amide bonds. The normalized spacial score (nSPS) is 11.3. The van der Waals surface area contributed by atoms with Gasteiger partial charge in [0.1, 0.15) is 5.82 Å². The number of carbonyl (C=O) groups is 1. The first-order valence-corrected chi connectivity index (χ1v) is 10.9. The van der Waals surface area contributed by atoms with Crippen molar-refractivity contribution in [1.29, 1.82) is 0 Å². The zero-order chi connectivity index (χ0) is 22.8. The molecule has 9 heteroatoms. The number of hydrogen-bond acceptors (Lipinski definition) is 4. The average Bonchev–Trinajstić information content (AvgIpc) is 3.19. The number of aromatic nitrogens is 4. The Bertz CT molecular complexity index is 1360. The molecule has 1 N–H and O–H groups in total. The SMILES string of the molecule is CC(C)Cn1nc(C(=O)Nc2ccnn2Cc2cccc(Cl)c2Cl)c2ccccc2c1=O. The Balaban J connectivity index is 1.69. The fourth-order valence-corrected chi connectivity index (χ4v) is 3.82. The highest BCUT2D eigenvalue weighted by Crippen LogP contribution is 2.27. The van der Waals surface area contributed by atoms with E-state index in [1.54, 1.807) is 53.3 Å². The molecule has 0 unspecified atom stereocenters. The minimum absolute atomic E-state index is 0.175. The Morgan fingerprint density at radius 3 is 2.53 bits per heavy atom. The lowest BCUT2D eigenvalue weighted by Gasteiger charge is -2.14. The highest BCUT2D eigenvalue weighted by molar-refractivity contribution is 6.42. The summed E-state index contributed by atoms with van der Waals surface area (Å²) in [5, 5.41) is 13.4. The van der Waals surface area contributed by atoms with Crippen LogP contribution in [0.3, 0.4) is 0 Å². The summed E-state index contributed by atoms with van der Waals surface area (Å²) < 4.78 is 2.97. The number of carbonyl (C=O) groups excluding carboxylic acids is 1. The van der Waals surface area contributed by atoms with Crippen LogP contribution in [-0.4, -0.2) is 25.5 Å². The third-order valence-electron chi connectivity index (χ3n) is 4.93. The van der Waals surface area contributed by atoms with Crippen LogP contribution in [0.4, 0.5) is 5.82 Å². The standard InChI is InChI=1S/C23H21Cl2N5O2/c1-14(2)12-30-23(32)17-8-4-3-7-16(17)21(28-30)22(31)27-19-10-11-26-29(19)13-15-6-5-9-18(24)20(15)25/h3-11,14H,12-13H2,1-2H3,(H,27,31). The molecule has 0 saturated heterocycles. The Morgan fingerprint density at radius 2 is 1.78 bits per heavy atom. The van der Waals surface area contributed by atoms with Crippen molar-refractivity contribution in [3.05, 3.63) is 86.4 Å². The van der Waals surface area contributed by atoms with Gasteiger partial charge in [-0.1, -0.05) is 67.4 Å². The second kappa shape index (κ2) is 9.14. The molecular formula is C23H21Cl2N5O2. The Morgan fingerprint density at radius 1 is 1.03 bits per heavy atom. The molecule has 2 aromatic heterocycles. The molecule has 164 valence electrons. The number of hydrogen-bond donors (Lipinski definition) is 1. The van der Waals surface area contributed by atoms with Gasteiger partial charge in [0.05, 0.1) is 28.2 Å². The van der Waals surface area contributed by atoms with E-state index >= 15 is 0 Å². The molecule has 32 heavy (non-hydrogen) atoms. The van der Waals surface area contributed by atoms with E-state index in [1.807, 2.05) is 19.9 Å². The van der Waals surface area contributed by atoms with Crippen LogP contribution in [0.25, 0.3) is 10.8 Å². The van der Waals surface area contributed by atoms with Crippen molar-refractivity contribution in [2.45, 2.75) is 26.9 Å². The fraction of sp³-hybridized carbons (Fsp3) is 0.217. The van der Waals surface area contributed by atoms with Crippen LogP contribution in [0, 0.1) is 5.92 Å². The van der Waals surface area contributed by atoms with Gasteiger partial charge in [-0.2, -0.15) is 10.2 Å². The van der Waals surface area contributed by atoms with Gasteiger partial charge in [0, 0.05) is 18.0 Å². The highest BCUT2D eigenvalue weighted by atomic mass is 35.5. The Kier molecular flexibility index (Phi) is 6.30. The predicted molar refractivity (Wildman–Crippen MR) is 127 cm³/mol. The molecule has 0 saturated carbocycles. The fourth-order valence-electron chi connectivity index (χ4n) is 3.44. The third-order valence-corrected chi connectivity index (χ3v) is 5.79. The van der Waals surface area contributed by atoms with Gasteiger partial charge < -0.3 is 5.32 Å².